The van der Waals surface area contributed by atoms with E-state index in [1.165, 1.54) is 25.7 Å². The van der Waals surface area contributed by atoms with Crippen LogP contribution in [-0.4, -0.2) is 54.1 Å². The Bertz CT molecular complexity index is 334. The van der Waals surface area contributed by atoms with E-state index in [4.69, 9.17) is 0 Å². The van der Waals surface area contributed by atoms with Gasteiger partial charge in [-0.05, 0) is 53.6 Å². The number of rotatable bonds is 4. The van der Waals surface area contributed by atoms with E-state index in [0.717, 1.165) is 6.54 Å². The van der Waals surface area contributed by atoms with Crippen LogP contribution in [0.1, 0.15) is 46.5 Å². The summed E-state index contributed by atoms with van der Waals surface area (Å²) in [7, 11) is 4.17. The van der Waals surface area contributed by atoms with Crippen LogP contribution in [0.25, 0.3) is 0 Å². The second-order valence-corrected chi connectivity index (χ2v) is 7.05. The summed E-state index contributed by atoms with van der Waals surface area (Å²) < 4.78 is 0. The maximum atomic E-state index is 12.4. The van der Waals surface area contributed by atoms with Crippen molar-refractivity contribution in [1.29, 1.82) is 0 Å². The molecule has 1 aliphatic heterocycles. The van der Waals surface area contributed by atoms with Crippen LogP contribution >= 0.6 is 0 Å². The SMILES string of the molecule is CC1NC(C2CCCC2)N(CC(C)(C)N(C)C)C1=O. The first kappa shape index (κ1) is 14.8. The second kappa shape index (κ2) is 5.41. The first-order valence-electron chi connectivity index (χ1n) is 7.57. The van der Waals surface area contributed by atoms with Crippen LogP contribution in [0.15, 0.2) is 0 Å². The van der Waals surface area contributed by atoms with Crippen molar-refractivity contribution in [2.24, 2.45) is 5.92 Å². The quantitative estimate of drug-likeness (QED) is 0.841. The summed E-state index contributed by atoms with van der Waals surface area (Å²) in [6.07, 6.45) is 5.41. The number of nitrogens with one attached hydrogen (secondary N) is 1. The first-order valence-corrected chi connectivity index (χ1v) is 7.57. The molecular weight excluding hydrogens is 238 g/mol. The minimum atomic E-state index is -0.0245. The molecule has 1 amide bonds. The highest BCUT2D eigenvalue weighted by Gasteiger charge is 2.43. The predicted molar refractivity (Wildman–Crippen MR) is 77.8 cm³/mol. The highest BCUT2D eigenvalue weighted by molar-refractivity contribution is 5.84. The van der Waals surface area contributed by atoms with Gasteiger partial charge in [0.1, 0.15) is 0 Å². The lowest BCUT2D eigenvalue weighted by molar-refractivity contribution is -0.132. The fourth-order valence-corrected chi connectivity index (χ4v) is 3.20. The third-order valence-corrected chi connectivity index (χ3v) is 5.02. The summed E-state index contributed by atoms with van der Waals surface area (Å²) in [6.45, 7) is 7.20. The molecule has 0 aromatic rings. The molecule has 19 heavy (non-hydrogen) atoms. The van der Waals surface area contributed by atoms with Crippen LogP contribution in [-0.2, 0) is 4.79 Å². The molecule has 2 atom stereocenters. The van der Waals surface area contributed by atoms with E-state index < -0.39 is 0 Å². The average molecular weight is 267 g/mol. The Morgan fingerprint density at radius 2 is 1.89 bits per heavy atom. The molecule has 1 N–H and O–H groups in total. The van der Waals surface area contributed by atoms with Crippen LogP contribution in [0, 0.1) is 5.92 Å². The van der Waals surface area contributed by atoms with Gasteiger partial charge in [-0.2, -0.15) is 0 Å². The lowest BCUT2D eigenvalue weighted by atomic mass is 9.99. The number of amides is 1. The monoisotopic (exact) mass is 267 g/mol. The standard InChI is InChI=1S/C15H29N3O/c1-11-14(19)18(10-15(2,3)17(4)5)13(16-11)12-8-6-7-9-12/h11-13,16H,6-10H2,1-5H3. The minimum Gasteiger partial charge on any atom is -0.324 e. The summed E-state index contributed by atoms with van der Waals surface area (Å²) >= 11 is 0. The van der Waals surface area contributed by atoms with Crippen molar-refractivity contribution in [2.75, 3.05) is 20.6 Å². The van der Waals surface area contributed by atoms with E-state index in [1.54, 1.807) is 0 Å². The summed E-state index contributed by atoms with van der Waals surface area (Å²) in [5.41, 5.74) is 0.0122. The molecular formula is C15H29N3O. The predicted octanol–water partition coefficient (Wildman–Crippen LogP) is 1.66. The Kier molecular flexibility index (Phi) is 4.21. The van der Waals surface area contributed by atoms with E-state index in [-0.39, 0.29) is 23.7 Å². The van der Waals surface area contributed by atoms with Crippen molar-refractivity contribution in [2.45, 2.75) is 64.2 Å². The molecule has 0 bridgehead atoms. The zero-order valence-electron chi connectivity index (χ0n) is 13.1. The molecule has 2 fully saturated rings. The van der Waals surface area contributed by atoms with Gasteiger partial charge in [-0.15, -0.1) is 0 Å². The van der Waals surface area contributed by atoms with E-state index in [9.17, 15) is 4.79 Å². The third kappa shape index (κ3) is 2.95. The number of carbonyl (C=O) groups excluding carboxylic acids is 1. The summed E-state index contributed by atoms with van der Waals surface area (Å²) in [6, 6.07) is -0.0245. The van der Waals surface area contributed by atoms with Gasteiger partial charge >= 0.3 is 0 Å². The maximum absolute atomic E-state index is 12.4. The molecule has 4 heteroatoms. The number of hydrogen-bond donors (Lipinski definition) is 1. The van der Waals surface area contributed by atoms with Gasteiger partial charge in [-0.1, -0.05) is 12.8 Å². The van der Waals surface area contributed by atoms with Gasteiger partial charge < -0.3 is 9.80 Å². The lowest BCUT2D eigenvalue weighted by Gasteiger charge is -2.39. The number of likely N-dealkylation sites (N-methyl/N-ethyl adjacent to an activating group) is 1. The Morgan fingerprint density at radius 1 is 1.32 bits per heavy atom. The van der Waals surface area contributed by atoms with E-state index in [2.05, 4.69) is 43.1 Å². The number of hydrogen-bond acceptors (Lipinski definition) is 3. The van der Waals surface area contributed by atoms with Crippen molar-refractivity contribution < 1.29 is 4.79 Å². The highest BCUT2D eigenvalue weighted by atomic mass is 16.2. The molecule has 0 aromatic heterocycles. The Labute approximate surface area is 117 Å². The Hall–Kier alpha value is -0.610. The molecule has 1 saturated heterocycles. The van der Waals surface area contributed by atoms with Crippen LogP contribution in [0.5, 0.6) is 0 Å². The lowest BCUT2D eigenvalue weighted by Crippen LogP contribution is -2.53. The number of nitrogens with zero attached hydrogens (tertiary/aromatic N) is 2. The van der Waals surface area contributed by atoms with Crippen LogP contribution in [0.3, 0.4) is 0 Å². The van der Waals surface area contributed by atoms with E-state index in [1.807, 2.05) is 6.92 Å². The fourth-order valence-electron chi connectivity index (χ4n) is 3.20. The third-order valence-electron chi connectivity index (χ3n) is 5.02. The molecule has 2 rings (SSSR count). The summed E-state index contributed by atoms with van der Waals surface area (Å²) in [5.74, 6) is 0.915. The van der Waals surface area contributed by atoms with Crippen LogP contribution in [0.2, 0.25) is 0 Å². The molecule has 4 nitrogen and oxygen atoms in total. The van der Waals surface area contributed by atoms with Gasteiger partial charge in [0.05, 0.1) is 12.2 Å². The molecule has 1 saturated carbocycles. The normalized spacial score (nSPS) is 29.8. The highest BCUT2D eigenvalue weighted by Crippen LogP contribution is 2.32. The van der Waals surface area contributed by atoms with Crippen molar-refractivity contribution in [3.8, 4) is 0 Å². The zero-order chi connectivity index (χ0) is 14.2. The molecule has 1 aliphatic carbocycles. The van der Waals surface area contributed by atoms with E-state index in [0.29, 0.717) is 5.92 Å². The second-order valence-electron chi connectivity index (χ2n) is 7.05. The molecule has 1 heterocycles. The molecule has 0 radical (unpaired) electrons. The van der Waals surface area contributed by atoms with Gasteiger partial charge in [0.25, 0.3) is 0 Å². The van der Waals surface area contributed by atoms with Gasteiger partial charge in [-0.3, -0.25) is 10.1 Å². The van der Waals surface area contributed by atoms with Crippen molar-refractivity contribution in [1.82, 2.24) is 15.1 Å². The fraction of sp³-hybridized carbons (Fsp3) is 0.933. The van der Waals surface area contributed by atoms with Gasteiger partial charge in [0.15, 0.2) is 0 Å². The largest absolute Gasteiger partial charge is 0.324 e. The Balaban J connectivity index is 2.12. The van der Waals surface area contributed by atoms with Crippen molar-refractivity contribution >= 4 is 5.91 Å². The topological polar surface area (TPSA) is 35.6 Å². The van der Waals surface area contributed by atoms with Gasteiger partial charge in [0, 0.05) is 12.1 Å². The Morgan fingerprint density at radius 3 is 2.42 bits per heavy atom. The molecule has 110 valence electrons. The summed E-state index contributed by atoms with van der Waals surface area (Å²) in [5, 5.41) is 3.51. The maximum Gasteiger partial charge on any atom is 0.240 e. The molecule has 0 spiro atoms. The van der Waals surface area contributed by atoms with E-state index >= 15 is 0 Å². The first-order chi connectivity index (χ1) is 8.83. The zero-order valence-corrected chi connectivity index (χ0v) is 13.1. The van der Waals surface area contributed by atoms with Gasteiger partial charge in [-0.25, -0.2) is 0 Å². The molecule has 0 aromatic carbocycles. The number of carbonyl (C=O) groups is 1. The average Bonchev–Trinajstić information content (AvgIpc) is 2.92. The van der Waals surface area contributed by atoms with Crippen molar-refractivity contribution in [3.63, 3.8) is 0 Å². The molecule has 2 aliphatic rings. The minimum absolute atomic E-state index is 0.0122. The van der Waals surface area contributed by atoms with Crippen LogP contribution in [0.4, 0.5) is 0 Å². The summed E-state index contributed by atoms with van der Waals surface area (Å²) in [4.78, 5) is 16.7. The van der Waals surface area contributed by atoms with Crippen LogP contribution < -0.4 is 5.32 Å². The molecule has 2 unspecified atom stereocenters. The van der Waals surface area contributed by atoms with Gasteiger partial charge in [0.2, 0.25) is 5.91 Å². The van der Waals surface area contributed by atoms with Crippen molar-refractivity contribution in [3.05, 3.63) is 0 Å². The smallest absolute Gasteiger partial charge is 0.240 e.